The minimum absolute atomic E-state index is 0.0227. The van der Waals surface area contributed by atoms with Crippen molar-refractivity contribution in [3.63, 3.8) is 0 Å². The molecule has 0 aromatic heterocycles. The molecular formula is C22H27ClN2O3S2. The van der Waals surface area contributed by atoms with E-state index in [4.69, 9.17) is 11.6 Å². The smallest absolute Gasteiger partial charge is 0.243 e. The molecule has 0 unspecified atom stereocenters. The summed E-state index contributed by atoms with van der Waals surface area (Å²) in [7, 11) is -3.54. The Labute approximate surface area is 188 Å². The van der Waals surface area contributed by atoms with Gasteiger partial charge in [0, 0.05) is 42.1 Å². The molecule has 1 aliphatic rings. The minimum Gasteiger partial charge on any atom is -0.355 e. The van der Waals surface area contributed by atoms with E-state index in [0.29, 0.717) is 37.5 Å². The van der Waals surface area contributed by atoms with Crippen molar-refractivity contribution in [2.45, 2.75) is 30.4 Å². The molecule has 5 nitrogen and oxygen atoms in total. The van der Waals surface area contributed by atoms with Gasteiger partial charge in [0.15, 0.2) is 0 Å². The predicted molar refractivity (Wildman–Crippen MR) is 123 cm³/mol. The maximum atomic E-state index is 12.7. The number of carbonyl (C=O) groups excluding carboxylic acids is 1. The van der Waals surface area contributed by atoms with Crippen LogP contribution in [0.15, 0.2) is 53.4 Å². The quantitative estimate of drug-likeness (QED) is 0.595. The number of amides is 1. The molecule has 1 saturated heterocycles. The van der Waals surface area contributed by atoms with E-state index >= 15 is 0 Å². The lowest BCUT2D eigenvalue weighted by atomic mass is 9.97. The van der Waals surface area contributed by atoms with E-state index in [1.807, 2.05) is 0 Å². The Morgan fingerprint density at radius 2 is 1.73 bits per heavy atom. The standard InChI is InChI=1S/C22H27ClN2O3S2/c1-17-2-4-18(5-3-17)16-29-15-12-24-22(26)19-10-13-25(14-11-19)30(27,28)21-8-6-20(23)7-9-21/h2-9,19H,10-16H2,1H3,(H,24,26). The summed E-state index contributed by atoms with van der Waals surface area (Å²) in [4.78, 5) is 12.7. The van der Waals surface area contributed by atoms with Crippen molar-refractivity contribution in [1.82, 2.24) is 9.62 Å². The summed E-state index contributed by atoms with van der Waals surface area (Å²) in [6, 6.07) is 14.7. The highest BCUT2D eigenvalue weighted by Gasteiger charge is 2.31. The molecule has 0 radical (unpaired) electrons. The van der Waals surface area contributed by atoms with Gasteiger partial charge in [-0.1, -0.05) is 41.4 Å². The van der Waals surface area contributed by atoms with Crippen LogP contribution in [-0.4, -0.2) is 44.0 Å². The molecule has 8 heteroatoms. The van der Waals surface area contributed by atoms with Gasteiger partial charge >= 0.3 is 0 Å². The topological polar surface area (TPSA) is 66.5 Å². The van der Waals surface area contributed by atoms with E-state index in [-0.39, 0.29) is 16.7 Å². The molecule has 3 rings (SSSR count). The number of piperidine rings is 1. The van der Waals surface area contributed by atoms with E-state index < -0.39 is 10.0 Å². The third-order valence-electron chi connectivity index (χ3n) is 5.21. The highest BCUT2D eigenvalue weighted by atomic mass is 35.5. The lowest BCUT2D eigenvalue weighted by Gasteiger charge is -2.30. The van der Waals surface area contributed by atoms with E-state index in [9.17, 15) is 13.2 Å². The number of halogens is 1. The van der Waals surface area contributed by atoms with Gasteiger partial charge in [-0.15, -0.1) is 0 Å². The second kappa shape index (κ2) is 10.7. The highest BCUT2D eigenvalue weighted by molar-refractivity contribution is 7.98. The number of hydrogen-bond acceptors (Lipinski definition) is 4. The number of nitrogens with zero attached hydrogens (tertiary/aromatic N) is 1. The molecule has 1 fully saturated rings. The van der Waals surface area contributed by atoms with E-state index in [1.54, 1.807) is 23.9 Å². The molecule has 0 spiro atoms. The van der Waals surface area contributed by atoms with E-state index in [1.165, 1.54) is 27.6 Å². The van der Waals surface area contributed by atoms with Crippen LogP contribution in [0.5, 0.6) is 0 Å². The van der Waals surface area contributed by atoms with Crippen LogP contribution >= 0.6 is 23.4 Å². The third kappa shape index (κ3) is 6.23. The largest absolute Gasteiger partial charge is 0.355 e. The summed E-state index contributed by atoms with van der Waals surface area (Å²) >= 11 is 7.64. The lowest BCUT2D eigenvalue weighted by molar-refractivity contribution is -0.125. The third-order valence-corrected chi connectivity index (χ3v) is 8.41. The molecule has 1 amide bonds. The number of nitrogens with one attached hydrogen (secondary N) is 1. The van der Waals surface area contributed by atoms with Gasteiger partial charge in [-0.2, -0.15) is 16.1 Å². The van der Waals surface area contributed by atoms with Crippen LogP contribution in [0.3, 0.4) is 0 Å². The second-order valence-electron chi connectivity index (χ2n) is 7.46. The van der Waals surface area contributed by atoms with Crippen LogP contribution in [0.25, 0.3) is 0 Å². The lowest BCUT2D eigenvalue weighted by Crippen LogP contribution is -2.43. The molecule has 0 bridgehead atoms. The molecule has 0 aliphatic carbocycles. The van der Waals surface area contributed by atoms with Crippen LogP contribution in [-0.2, 0) is 20.6 Å². The summed E-state index contributed by atoms with van der Waals surface area (Å²) in [5.74, 6) is 1.67. The normalized spacial score (nSPS) is 15.8. The van der Waals surface area contributed by atoms with Crippen LogP contribution in [0.4, 0.5) is 0 Å². The number of thioether (sulfide) groups is 1. The number of rotatable bonds is 8. The first kappa shape index (κ1) is 23.1. The highest BCUT2D eigenvalue weighted by Crippen LogP contribution is 2.25. The average Bonchev–Trinajstić information content (AvgIpc) is 2.75. The fraction of sp³-hybridized carbons (Fsp3) is 0.409. The number of benzene rings is 2. The van der Waals surface area contributed by atoms with Gasteiger partial charge in [0.1, 0.15) is 0 Å². The molecule has 1 heterocycles. The zero-order valence-corrected chi connectivity index (χ0v) is 19.4. The molecule has 1 aliphatic heterocycles. The van der Waals surface area contributed by atoms with Gasteiger partial charge in [-0.05, 0) is 49.6 Å². The predicted octanol–water partition coefficient (Wildman–Crippen LogP) is 4.10. The Morgan fingerprint density at radius 1 is 1.10 bits per heavy atom. The number of sulfonamides is 1. The van der Waals surface area contributed by atoms with Gasteiger partial charge < -0.3 is 5.32 Å². The average molecular weight is 467 g/mol. The molecule has 1 N–H and O–H groups in total. The van der Waals surface area contributed by atoms with Crippen LogP contribution in [0.2, 0.25) is 5.02 Å². The minimum atomic E-state index is -3.54. The molecule has 162 valence electrons. The fourth-order valence-electron chi connectivity index (χ4n) is 3.38. The van der Waals surface area contributed by atoms with Gasteiger partial charge in [0.25, 0.3) is 0 Å². The van der Waals surface area contributed by atoms with Gasteiger partial charge in [0.05, 0.1) is 4.90 Å². The zero-order valence-electron chi connectivity index (χ0n) is 17.0. The summed E-state index contributed by atoms with van der Waals surface area (Å²) in [6.07, 6.45) is 1.07. The summed E-state index contributed by atoms with van der Waals surface area (Å²) in [5.41, 5.74) is 2.54. The van der Waals surface area contributed by atoms with Gasteiger partial charge in [0.2, 0.25) is 15.9 Å². The Kier molecular flexibility index (Phi) is 8.22. The Hall–Kier alpha value is -1.54. The van der Waals surface area contributed by atoms with Crippen LogP contribution < -0.4 is 5.32 Å². The first-order chi connectivity index (χ1) is 14.4. The molecule has 30 heavy (non-hydrogen) atoms. The maximum Gasteiger partial charge on any atom is 0.243 e. The Bertz CT molecular complexity index is 939. The van der Waals surface area contributed by atoms with Crippen molar-refractivity contribution in [2.75, 3.05) is 25.4 Å². The van der Waals surface area contributed by atoms with Crippen molar-refractivity contribution in [1.29, 1.82) is 0 Å². The van der Waals surface area contributed by atoms with Crippen LogP contribution in [0.1, 0.15) is 24.0 Å². The Morgan fingerprint density at radius 3 is 2.37 bits per heavy atom. The first-order valence-corrected chi connectivity index (χ1v) is 13.0. The SMILES string of the molecule is Cc1ccc(CSCCNC(=O)C2CCN(S(=O)(=O)c3ccc(Cl)cc3)CC2)cc1. The number of hydrogen-bond donors (Lipinski definition) is 1. The maximum absolute atomic E-state index is 12.7. The van der Waals surface area contributed by atoms with Crippen molar-refractivity contribution in [3.8, 4) is 0 Å². The van der Waals surface area contributed by atoms with Crippen LogP contribution in [0, 0.1) is 12.8 Å². The van der Waals surface area contributed by atoms with E-state index in [0.717, 1.165) is 11.5 Å². The number of aryl methyl sites for hydroxylation is 1. The summed E-state index contributed by atoms with van der Waals surface area (Å²) < 4.78 is 26.9. The van der Waals surface area contributed by atoms with E-state index in [2.05, 4.69) is 36.5 Å². The van der Waals surface area contributed by atoms with Crippen molar-refractivity contribution < 1.29 is 13.2 Å². The number of carbonyl (C=O) groups is 1. The first-order valence-electron chi connectivity index (χ1n) is 10.0. The van der Waals surface area contributed by atoms with Crippen molar-refractivity contribution >= 4 is 39.3 Å². The molecule has 0 atom stereocenters. The molecule has 2 aromatic carbocycles. The summed E-state index contributed by atoms with van der Waals surface area (Å²) in [5, 5.41) is 3.50. The zero-order chi connectivity index (χ0) is 21.6. The van der Waals surface area contributed by atoms with Gasteiger partial charge in [-0.25, -0.2) is 8.42 Å². The monoisotopic (exact) mass is 466 g/mol. The van der Waals surface area contributed by atoms with Gasteiger partial charge in [-0.3, -0.25) is 4.79 Å². The Balaban J connectivity index is 1.38. The van der Waals surface area contributed by atoms with Crippen molar-refractivity contribution in [2.24, 2.45) is 5.92 Å². The molecule has 0 saturated carbocycles. The molecular weight excluding hydrogens is 440 g/mol. The van der Waals surface area contributed by atoms with Crippen molar-refractivity contribution in [3.05, 3.63) is 64.7 Å². The second-order valence-corrected chi connectivity index (χ2v) is 10.9. The fourth-order valence-corrected chi connectivity index (χ4v) is 5.79. The molecule has 2 aromatic rings. The summed E-state index contributed by atoms with van der Waals surface area (Å²) in [6.45, 7) is 3.40.